The highest BCUT2D eigenvalue weighted by Gasteiger charge is 2.35. The van der Waals surface area contributed by atoms with Crippen molar-refractivity contribution in [3.8, 4) is 0 Å². The third-order valence-corrected chi connectivity index (χ3v) is 3.93. The number of hydrogen-bond donors (Lipinski definition) is 1. The fourth-order valence-electron chi connectivity index (χ4n) is 3.04. The summed E-state index contributed by atoms with van der Waals surface area (Å²) in [6.45, 7) is 5.22. The molecule has 0 bridgehead atoms. The fourth-order valence-corrected chi connectivity index (χ4v) is 3.04. The molecule has 5 heteroatoms. The summed E-state index contributed by atoms with van der Waals surface area (Å²) in [5, 5.41) is 0. The van der Waals surface area contributed by atoms with Crippen molar-refractivity contribution in [2.24, 2.45) is 11.7 Å². The highest BCUT2D eigenvalue weighted by atomic mass is 19.4. The zero-order valence-electron chi connectivity index (χ0n) is 11.9. The first kappa shape index (κ1) is 15.2. The van der Waals surface area contributed by atoms with Gasteiger partial charge in [-0.2, -0.15) is 13.2 Å². The van der Waals surface area contributed by atoms with Crippen LogP contribution in [-0.2, 0) is 12.6 Å². The minimum absolute atomic E-state index is 0.222. The van der Waals surface area contributed by atoms with Crippen LogP contribution in [-0.4, -0.2) is 19.1 Å². The predicted molar refractivity (Wildman–Crippen MR) is 74.8 cm³/mol. The van der Waals surface area contributed by atoms with Crippen molar-refractivity contribution in [1.82, 2.24) is 0 Å². The highest BCUT2D eigenvalue weighted by Crippen LogP contribution is 2.37. The van der Waals surface area contributed by atoms with Crippen LogP contribution in [0, 0.1) is 5.92 Å². The number of nitrogens with zero attached hydrogens (tertiary/aromatic N) is 1. The largest absolute Gasteiger partial charge is 0.416 e. The van der Waals surface area contributed by atoms with E-state index in [1.165, 1.54) is 6.07 Å². The quantitative estimate of drug-likeness (QED) is 0.922. The SMILES string of the molecule is CC1CC(C)N(c2ccc(CCN)c(C(F)(F)F)c2)C1. The molecule has 1 aromatic carbocycles. The molecule has 0 amide bonds. The van der Waals surface area contributed by atoms with Crippen LogP contribution in [0.25, 0.3) is 0 Å². The number of halogens is 3. The van der Waals surface area contributed by atoms with Crippen LogP contribution in [0.3, 0.4) is 0 Å². The van der Waals surface area contributed by atoms with Gasteiger partial charge in [0, 0.05) is 18.3 Å². The van der Waals surface area contributed by atoms with E-state index in [4.69, 9.17) is 5.73 Å². The van der Waals surface area contributed by atoms with Crippen molar-refractivity contribution >= 4 is 5.69 Å². The van der Waals surface area contributed by atoms with Crippen molar-refractivity contribution in [2.75, 3.05) is 18.0 Å². The molecule has 2 rings (SSSR count). The second-order valence-electron chi connectivity index (χ2n) is 5.72. The summed E-state index contributed by atoms with van der Waals surface area (Å²) in [6, 6.07) is 4.92. The Balaban J connectivity index is 2.37. The summed E-state index contributed by atoms with van der Waals surface area (Å²) in [5.74, 6) is 0.517. The maximum Gasteiger partial charge on any atom is 0.416 e. The van der Waals surface area contributed by atoms with Gasteiger partial charge in [0.15, 0.2) is 0 Å². The van der Waals surface area contributed by atoms with Gasteiger partial charge in [-0.15, -0.1) is 0 Å². The van der Waals surface area contributed by atoms with Crippen LogP contribution in [0.15, 0.2) is 18.2 Å². The van der Waals surface area contributed by atoms with Crippen LogP contribution >= 0.6 is 0 Å². The summed E-state index contributed by atoms with van der Waals surface area (Å²) in [6.07, 6.45) is -3.05. The molecule has 0 radical (unpaired) electrons. The topological polar surface area (TPSA) is 29.3 Å². The molecule has 1 aliphatic heterocycles. The molecule has 0 spiro atoms. The Labute approximate surface area is 117 Å². The van der Waals surface area contributed by atoms with E-state index in [-0.39, 0.29) is 24.6 Å². The summed E-state index contributed by atoms with van der Waals surface area (Å²) >= 11 is 0. The summed E-state index contributed by atoms with van der Waals surface area (Å²) in [5.41, 5.74) is 5.79. The first-order valence-corrected chi connectivity index (χ1v) is 6.99. The fraction of sp³-hybridized carbons (Fsp3) is 0.600. The van der Waals surface area contributed by atoms with Gasteiger partial charge in [0.25, 0.3) is 0 Å². The lowest BCUT2D eigenvalue weighted by Gasteiger charge is -2.25. The van der Waals surface area contributed by atoms with Gasteiger partial charge in [-0.25, -0.2) is 0 Å². The Morgan fingerprint density at radius 3 is 2.50 bits per heavy atom. The van der Waals surface area contributed by atoms with E-state index < -0.39 is 11.7 Å². The number of benzene rings is 1. The molecule has 2 nitrogen and oxygen atoms in total. The van der Waals surface area contributed by atoms with E-state index in [2.05, 4.69) is 18.7 Å². The molecular formula is C15H21F3N2. The van der Waals surface area contributed by atoms with E-state index in [0.717, 1.165) is 13.0 Å². The van der Waals surface area contributed by atoms with Crippen molar-refractivity contribution in [3.63, 3.8) is 0 Å². The van der Waals surface area contributed by atoms with Gasteiger partial charge in [0.2, 0.25) is 0 Å². The first-order valence-electron chi connectivity index (χ1n) is 6.99. The predicted octanol–water partition coefficient (Wildman–Crippen LogP) is 3.44. The van der Waals surface area contributed by atoms with Crippen LogP contribution in [0.5, 0.6) is 0 Å². The van der Waals surface area contributed by atoms with E-state index >= 15 is 0 Å². The number of nitrogens with two attached hydrogens (primary N) is 1. The summed E-state index contributed by atoms with van der Waals surface area (Å²) in [7, 11) is 0. The Hall–Kier alpha value is -1.23. The first-order chi connectivity index (χ1) is 9.32. The van der Waals surface area contributed by atoms with Gasteiger partial charge in [-0.05, 0) is 49.9 Å². The van der Waals surface area contributed by atoms with E-state index in [1.54, 1.807) is 12.1 Å². The second-order valence-corrected chi connectivity index (χ2v) is 5.72. The number of rotatable bonds is 3. The molecule has 2 unspecified atom stereocenters. The number of hydrogen-bond acceptors (Lipinski definition) is 2. The van der Waals surface area contributed by atoms with Crippen LogP contribution < -0.4 is 10.6 Å². The highest BCUT2D eigenvalue weighted by molar-refractivity contribution is 5.53. The molecule has 1 saturated heterocycles. The molecule has 0 aromatic heterocycles. The van der Waals surface area contributed by atoms with Crippen molar-refractivity contribution < 1.29 is 13.2 Å². The zero-order valence-corrected chi connectivity index (χ0v) is 11.9. The maximum absolute atomic E-state index is 13.2. The second kappa shape index (κ2) is 5.64. The Kier molecular flexibility index (Phi) is 4.28. The van der Waals surface area contributed by atoms with Crippen molar-refractivity contribution in [1.29, 1.82) is 0 Å². The third-order valence-electron chi connectivity index (χ3n) is 3.93. The van der Waals surface area contributed by atoms with E-state index in [9.17, 15) is 13.2 Å². The van der Waals surface area contributed by atoms with Gasteiger partial charge in [-0.1, -0.05) is 13.0 Å². The average molecular weight is 286 g/mol. The molecule has 1 aromatic rings. The molecular weight excluding hydrogens is 265 g/mol. The molecule has 1 heterocycles. The van der Waals surface area contributed by atoms with Crippen LogP contribution in [0.1, 0.15) is 31.4 Å². The minimum Gasteiger partial charge on any atom is -0.369 e. The van der Waals surface area contributed by atoms with Crippen molar-refractivity contribution in [2.45, 2.75) is 38.9 Å². The van der Waals surface area contributed by atoms with Gasteiger partial charge in [0.05, 0.1) is 5.56 Å². The maximum atomic E-state index is 13.2. The molecule has 0 aliphatic carbocycles. The molecule has 2 atom stereocenters. The standard InChI is InChI=1S/C15H21F3N2/c1-10-7-11(2)20(9-10)13-4-3-12(5-6-19)14(8-13)15(16,17)18/h3-4,8,10-11H,5-7,9,19H2,1-2H3. The minimum atomic E-state index is -4.32. The summed E-state index contributed by atoms with van der Waals surface area (Å²) in [4.78, 5) is 2.06. The number of alkyl halides is 3. The Morgan fingerprint density at radius 2 is 2.00 bits per heavy atom. The van der Waals surface area contributed by atoms with Crippen LogP contribution in [0.4, 0.5) is 18.9 Å². The van der Waals surface area contributed by atoms with Gasteiger partial charge >= 0.3 is 6.18 Å². The smallest absolute Gasteiger partial charge is 0.369 e. The zero-order chi connectivity index (χ0) is 14.9. The molecule has 0 saturated carbocycles. The van der Waals surface area contributed by atoms with Gasteiger partial charge in [-0.3, -0.25) is 0 Å². The van der Waals surface area contributed by atoms with Crippen molar-refractivity contribution in [3.05, 3.63) is 29.3 Å². The Morgan fingerprint density at radius 1 is 1.30 bits per heavy atom. The van der Waals surface area contributed by atoms with E-state index in [0.29, 0.717) is 11.6 Å². The third kappa shape index (κ3) is 3.08. The Bertz CT molecular complexity index is 471. The summed E-state index contributed by atoms with van der Waals surface area (Å²) < 4.78 is 39.5. The van der Waals surface area contributed by atoms with Crippen LogP contribution in [0.2, 0.25) is 0 Å². The van der Waals surface area contributed by atoms with Gasteiger partial charge < -0.3 is 10.6 Å². The monoisotopic (exact) mass is 286 g/mol. The molecule has 1 fully saturated rings. The lowest BCUT2D eigenvalue weighted by molar-refractivity contribution is -0.138. The molecule has 112 valence electrons. The van der Waals surface area contributed by atoms with Gasteiger partial charge in [0.1, 0.15) is 0 Å². The average Bonchev–Trinajstić information content (AvgIpc) is 2.68. The van der Waals surface area contributed by atoms with E-state index in [1.807, 2.05) is 0 Å². The number of anilines is 1. The lowest BCUT2D eigenvalue weighted by atomic mass is 10.0. The normalized spacial score (nSPS) is 23.4. The molecule has 1 aliphatic rings. The molecule has 20 heavy (non-hydrogen) atoms. The molecule has 2 N–H and O–H groups in total. The lowest BCUT2D eigenvalue weighted by Crippen LogP contribution is -2.27.